The second-order valence-electron chi connectivity index (χ2n) is 4.27. The van der Waals surface area contributed by atoms with Crippen LogP contribution in [0, 0.1) is 11.6 Å². The summed E-state index contributed by atoms with van der Waals surface area (Å²) in [5.41, 5.74) is 0. The van der Waals surface area contributed by atoms with Crippen LogP contribution >= 0.6 is 0 Å². The minimum Gasteiger partial charge on any atom is -0.526 e. The molecule has 133 valence electrons. The van der Waals surface area contributed by atoms with E-state index in [1.165, 1.54) is 0 Å². The first-order chi connectivity index (χ1) is 11.8. The summed E-state index contributed by atoms with van der Waals surface area (Å²) in [5, 5.41) is 0. The summed E-state index contributed by atoms with van der Waals surface area (Å²) in [6, 6.07) is 5.61. The van der Waals surface area contributed by atoms with Gasteiger partial charge in [0.25, 0.3) is 0 Å². The number of benzene rings is 2. The summed E-state index contributed by atoms with van der Waals surface area (Å²) >= 11 is 0. The third-order valence-electron chi connectivity index (χ3n) is 2.61. The summed E-state index contributed by atoms with van der Waals surface area (Å²) in [7, 11) is 0.699. The molecule has 0 aliphatic heterocycles. The van der Waals surface area contributed by atoms with E-state index in [0.29, 0.717) is 7.69 Å². The fraction of sp³-hybridized carbons (Fsp3) is 0.143. The van der Waals surface area contributed by atoms with Crippen molar-refractivity contribution < 1.29 is 45.1 Å². The molecule has 4 nitrogen and oxygen atoms in total. The van der Waals surface area contributed by atoms with Crippen molar-refractivity contribution in [3.05, 3.63) is 48.0 Å². The average Bonchev–Trinajstić information content (AvgIpc) is 2.52. The smallest absolute Gasteiger partial charge is 0.526 e. The summed E-state index contributed by atoms with van der Waals surface area (Å²) < 4.78 is 92.5. The maximum absolute atomic E-state index is 13.4. The van der Waals surface area contributed by atoms with Crippen LogP contribution in [0.5, 0.6) is 23.0 Å². The molecule has 1 radical (unpaired) electrons. The molecule has 0 atom stereocenters. The van der Waals surface area contributed by atoms with E-state index in [1.54, 1.807) is 0 Å². The Morgan fingerprint density at radius 3 is 1.40 bits per heavy atom. The van der Waals surface area contributed by atoms with E-state index in [-0.39, 0.29) is 11.5 Å². The molecular weight excluding hydrogens is 357 g/mol. The van der Waals surface area contributed by atoms with Crippen molar-refractivity contribution in [2.75, 3.05) is 0 Å². The van der Waals surface area contributed by atoms with Crippen molar-refractivity contribution in [1.29, 1.82) is 0 Å². The fourth-order valence-electron chi connectivity index (χ4n) is 1.63. The molecule has 0 saturated carbocycles. The lowest BCUT2D eigenvalue weighted by Crippen LogP contribution is -2.12. The normalized spacial score (nSPS) is 10.7. The van der Waals surface area contributed by atoms with E-state index in [9.17, 15) is 26.3 Å². The van der Waals surface area contributed by atoms with Crippen LogP contribution in [-0.2, 0) is 0 Å². The molecule has 0 saturated heterocycles. The van der Waals surface area contributed by atoms with Gasteiger partial charge >= 0.3 is 20.9 Å². The molecule has 0 aliphatic carbocycles. The van der Waals surface area contributed by atoms with Gasteiger partial charge in [-0.1, -0.05) is 0 Å². The molecule has 0 aromatic heterocycles. The molecule has 0 heterocycles. The second kappa shape index (κ2) is 8.40. The summed E-state index contributed by atoms with van der Waals surface area (Å²) in [6.07, 6.45) is 0. The van der Waals surface area contributed by atoms with Crippen LogP contribution in [0.15, 0.2) is 36.4 Å². The van der Waals surface area contributed by atoms with Crippen molar-refractivity contribution in [2.24, 2.45) is 0 Å². The van der Waals surface area contributed by atoms with Crippen LogP contribution in [0.4, 0.5) is 26.3 Å². The lowest BCUT2D eigenvalue weighted by atomic mass is 10.2. The minimum atomic E-state index is -3.18. The standard InChI is InChI=1S/C14H8BF6O4/c16-9-5-7(1-3-11(9)22-13(18)19)24-15-25-8-2-4-12(10(17)6-8)23-14(20)21/h1-6,13-14H. The van der Waals surface area contributed by atoms with Gasteiger partial charge in [-0.25, -0.2) is 8.78 Å². The molecule has 0 fully saturated rings. The Bertz CT molecular complexity index is 656. The topological polar surface area (TPSA) is 36.9 Å². The highest BCUT2D eigenvalue weighted by atomic mass is 19.3. The molecule has 2 rings (SSSR count). The Labute approximate surface area is 138 Å². The SMILES string of the molecule is Fc1cc(O[B]Oc2ccc(OC(F)F)c(F)c2)ccc1OC(F)F. The molecule has 2 aromatic rings. The molecule has 0 N–H and O–H groups in total. The lowest BCUT2D eigenvalue weighted by molar-refractivity contribution is -0.0528. The van der Waals surface area contributed by atoms with E-state index in [2.05, 4.69) is 9.47 Å². The Balaban J connectivity index is 1.90. The Morgan fingerprint density at radius 2 is 1.08 bits per heavy atom. The van der Waals surface area contributed by atoms with E-state index in [4.69, 9.17) is 9.31 Å². The second-order valence-corrected chi connectivity index (χ2v) is 4.27. The number of alkyl halides is 4. The number of rotatable bonds is 8. The molecule has 0 unspecified atom stereocenters. The van der Waals surface area contributed by atoms with Crippen molar-refractivity contribution in [3.8, 4) is 23.0 Å². The third kappa shape index (κ3) is 5.69. The van der Waals surface area contributed by atoms with Crippen LogP contribution in [0.3, 0.4) is 0 Å². The largest absolute Gasteiger partial charge is 0.658 e. The van der Waals surface area contributed by atoms with Crippen LogP contribution in [0.25, 0.3) is 0 Å². The highest BCUT2D eigenvalue weighted by molar-refractivity contribution is 6.20. The van der Waals surface area contributed by atoms with Crippen LogP contribution in [0.1, 0.15) is 0 Å². The Hall–Kier alpha value is -2.72. The zero-order valence-corrected chi connectivity index (χ0v) is 12.1. The quantitative estimate of drug-likeness (QED) is 0.520. The number of halogens is 6. The van der Waals surface area contributed by atoms with Gasteiger partial charge in [-0.3, -0.25) is 0 Å². The molecular formula is C14H8BF6O4. The zero-order valence-electron chi connectivity index (χ0n) is 12.1. The van der Waals surface area contributed by atoms with Gasteiger partial charge in [0.1, 0.15) is 11.5 Å². The van der Waals surface area contributed by atoms with Gasteiger partial charge in [0.05, 0.1) is 0 Å². The van der Waals surface area contributed by atoms with Crippen LogP contribution in [0.2, 0.25) is 0 Å². The van der Waals surface area contributed by atoms with Crippen molar-refractivity contribution in [3.63, 3.8) is 0 Å². The van der Waals surface area contributed by atoms with E-state index in [0.717, 1.165) is 36.4 Å². The summed E-state index contributed by atoms with van der Waals surface area (Å²) in [6.45, 7) is -6.36. The third-order valence-corrected chi connectivity index (χ3v) is 2.61. The van der Waals surface area contributed by atoms with Crippen molar-refractivity contribution in [2.45, 2.75) is 13.2 Å². The number of hydrogen-bond donors (Lipinski definition) is 0. The molecule has 11 heteroatoms. The predicted molar refractivity (Wildman–Crippen MR) is 73.1 cm³/mol. The molecule has 2 aromatic carbocycles. The van der Waals surface area contributed by atoms with Gasteiger partial charge < -0.3 is 18.8 Å². The average molecular weight is 365 g/mol. The highest BCUT2D eigenvalue weighted by Crippen LogP contribution is 2.25. The van der Waals surface area contributed by atoms with E-state index >= 15 is 0 Å². The molecule has 0 aliphatic rings. The minimum absolute atomic E-state index is 0.114. The van der Waals surface area contributed by atoms with Gasteiger partial charge in [0.2, 0.25) is 0 Å². The van der Waals surface area contributed by atoms with Crippen molar-refractivity contribution in [1.82, 2.24) is 0 Å². The fourth-order valence-corrected chi connectivity index (χ4v) is 1.63. The van der Waals surface area contributed by atoms with Crippen LogP contribution in [-0.4, -0.2) is 20.9 Å². The first-order valence-corrected chi connectivity index (χ1v) is 6.49. The van der Waals surface area contributed by atoms with Crippen LogP contribution < -0.4 is 18.8 Å². The molecule has 25 heavy (non-hydrogen) atoms. The number of ether oxygens (including phenoxy) is 2. The molecule has 0 bridgehead atoms. The van der Waals surface area contributed by atoms with Gasteiger partial charge in [0.15, 0.2) is 23.1 Å². The lowest BCUT2D eigenvalue weighted by Gasteiger charge is -2.10. The maximum Gasteiger partial charge on any atom is 0.658 e. The first kappa shape index (κ1) is 18.6. The summed E-state index contributed by atoms with van der Waals surface area (Å²) in [4.78, 5) is 0. The summed E-state index contributed by atoms with van der Waals surface area (Å²) in [5.74, 6) is -3.74. The van der Waals surface area contributed by atoms with Gasteiger partial charge in [-0.2, -0.15) is 17.6 Å². The molecule has 0 amide bonds. The zero-order chi connectivity index (χ0) is 18.4. The highest BCUT2D eigenvalue weighted by Gasteiger charge is 2.13. The van der Waals surface area contributed by atoms with Gasteiger partial charge in [-0.15, -0.1) is 0 Å². The number of hydrogen-bond acceptors (Lipinski definition) is 4. The van der Waals surface area contributed by atoms with Gasteiger partial charge in [0, 0.05) is 12.1 Å². The Morgan fingerprint density at radius 1 is 0.680 bits per heavy atom. The van der Waals surface area contributed by atoms with E-state index in [1.807, 2.05) is 0 Å². The van der Waals surface area contributed by atoms with Crippen molar-refractivity contribution >= 4 is 7.69 Å². The van der Waals surface area contributed by atoms with E-state index < -0.39 is 36.4 Å². The first-order valence-electron chi connectivity index (χ1n) is 6.49. The monoisotopic (exact) mass is 365 g/mol. The predicted octanol–water partition coefficient (Wildman–Crippen LogP) is 4.16. The van der Waals surface area contributed by atoms with Gasteiger partial charge in [-0.05, 0) is 24.3 Å². The Kier molecular flexibility index (Phi) is 6.26. The molecule has 0 spiro atoms. The maximum atomic E-state index is 13.4.